The first kappa shape index (κ1) is 19.3. The van der Waals surface area contributed by atoms with Gasteiger partial charge in [0.25, 0.3) is 0 Å². The molecule has 2 rings (SSSR count). The van der Waals surface area contributed by atoms with Crippen LogP contribution in [-0.4, -0.2) is 6.61 Å². The van der Waals surface area contributed by atoms with Crippen LogP contribution in [-0.2, 0) is 0 Å². The number of hydrogen-bond donors (Lipinski definition) is 0. The Morgan fingerprint density at radius 1 is 0.800 bits per heavy atom. The first-order valence-corrected chi connectivity index (χ1v) is 9.71. The van der Waals surface area contributed by atoms with Gasteiger partial charge in [-0.15, -0.1) is 0 Å². The topological polar surface area (TPSA) is 36.2 Å². The summed E-state index contributed by atoms with van der Waals surface area (Å²) >= 11 is 0. The fraction of sp³-hybridized carbons (Fsp3) is 0.500. The fourth-order valence-corrected chi connectivity index (χ4v) is 2.97. The molecule has 0 saturated heterocycles. The van der Waals surface area contributed by atoms with Gasteiger partial charge in [-0.05, 0) is 29.7 Å². The average Bonchev–Trinajstić information content (AvgIpc) is 2.64. The van der Waals surface area contributed by atoms with Gasteiger partial charge in [-0.2, -0.15) is 4.73 Å². The van der Waals surface area contributed by atoms with Crippen molar-refractivity contribution in [2.45, 2.75) is 64.7 Å². The Kier molecular flexibility index (Phi) is 8.89. The lowest BCUT2D eigenvalue weighted by Gasteiger charge is -2.08. The van der Waals surface area contributed by atoms with Crippen molar-refractivity contribution in [1.29, 1.82) is 0 Å². The van der Waals surface area contributed by atoms with E-state index in [1.54, 1.807) is 0 Å². The Balaban J connectivity index is 1.63. The number of hydrogen-bond acceptors (Lipinski definition) is 2. The zero-order valence-corrected chi connectivity index (χ0v) is 15.5. The summed E-state index contributed by atoms with van der Waals surface area (Å²) in [7, 11) is 0. The van der Waals surface area contributed by atoms with Gasteiger partial charge in [0, 0.05) is 12.1 Å². The molecule has 0 spiro atoms. The summed E-state index contributed by atoms with van der Waals surface area (Å²) in [6, 6.07) is 11.7. The van der Waals surface area contributed by atoms with Gasteiger partial charge >= 0.3 is 0 Å². The number of rotatable bonds is 12. The molecule has 0 aliphatic carbocycles. The zero-order chi connectivity index (χ0) is 17.7. The number of pyridine rings is 1. The van der Waals surface area contributed by atoms with Crippen LogP contribution in [0.25, 0.3) is 11.1 Å². The van der Waals surface area contributed by atoms with Crippen LogP contribution in [0.5, 0.6) is 5.75 Å². The summed E-state index contributed by atoms with van der Waals surface area (Å²) in [6.07, 6.45) is 14.9. The maximum atomic E-state index is 11.1. The number of ether oxygens (including phenoxy) is 1. The molecule has 0 amide bonds. The van der Waals surface area contributed by atoms with Crippen molar-refractivity contribution in [3.05, 3.63) is 54.0 Å². The molecule has 3 heteroatoms. The van der Waals surface area contributed by atoms with E-state index in [1.165, 1.54) is 63.8 Å². The standard InChI is InChI=1S/C22H31NO2/c1-2-3-4-5-6-7-8-9-10-18-25-22-13-11-12-21(19-22)20-14-16-23(24)17-15-20/h11-17,19H,2-10,18H2,1H3. The van der Waals surface area contributed by atoms with Crippen molar-refractivity contribution in [1.82, 2.24) is 0 Å². The Hall–Kier alpha value is -2.03. The second-order valence-electron chi connectivity index (χ2n) is 6.65. The first-order valence-electron chi connectivity index (χ1n) is 9.71. The SMILES string of the molecule is CCCCCCCCCCCOc1cccc(-c2cc[n+]([O-])cc2)c1. The van der Waals surface area contributed by atoms with E-state index in [9.17, 15) is 5.21 Å². The molecule has 3 nitrogen and oxygen atoms in total. The minimum atomic E-state index is 0.772. The molecule has 0 aliphatic heterocycles. The van der Waals surface area contributed by atoms with Crippen molar-refractivity contribution in [2.24, 2.45) is 0 Å². The summed E-state index contributed by atoms with van der Waals surface area (Å²) in [4.78, 5) is 0. The van der Waals surface area contributed by atoms with E-state index in [0.29, 0.717) is 0 Å². The van der Waals surface area contributed by atoms with E-state index in [4.69, 9.17) is 4.74 Å². The van der Waals surface area contributed by atoms with Crippen LogP contribution in [0.2, 0.25) is 0 Å². The van der Waals surface area contributed by atoms with Gasteiger partial charge in [0.2, 0.25) is 0 Å². The molecule has 0 radical (unpaired) electrons. The zero-order valence-electron chi connectivity index (χ0n) is 15.5. The molecule has 0 saturated carbocycles. The maximum Gasteiger partial charge on any atom is 0.180 e. The van der Waals surface area contributed by atoms with Crippen LogP contribution in [0.15, 0.2) is 48.8 Å². The Bertz CT molecular complexity index is 595. The van der Waals surface area contributed by atoms with Gasteiger partial charge in [0.15, 0.2) is 12.4 Å². The van der Waals surface area contributed by atoms with E-state index < -0.39 is 0 Å². The molecule has 0 unspecified atom stereocenters. The Labute approximate surface area is 152 Å². The van der Waals surface area contributed by atoms with Crippen LogP contribution >= 0.6 is 0 Å². The van der Waals surface area contributed by atoms with E-state index >= 15 is 0 Å². The summed E-state index contributed by atoms with van der Waals surface area (Å²) in [5, 5.41) is 11.1. The summed E-state index contributed by atoms with van der Waals surface area (Å²) < 4.78 is 6.68. The monoisotopic (exact) mass is 341 g/mol. The minimum absolute atomic E-state index is 0.772. The summed E-state index contributed by atoms with van der Waals surface area (Å²) in [6.45, 7) is 3.03. The molecular weight excluding hydrogens is 310 g/mol. The smallest absolute Gasteiger partial charge is 0.180 e. The molecule has 0 fully saturated rings. The molecular formula is C22H31NO2. The highest BCUT2D eigenvalue weighted by Gasteiger charge is 2.02. The Morgan fingerprint density at radius 3 is 2.12 bits per heavy atom. The van der Waals surface area contributed by atoms with Crippen LogP contribution in [0, 0.1) is 5.21 Å². The molecule has 1 aromatic carbocycles. The lowest BCUT2D eigenvalue weighted by Crippen LogP contribution is -2.23. The number of nitrogens with zero attached hydrogens (tertiary/aromatic N) is 1. The molecule has 136 valence electrons. The third kappa shape index (κ3) is 7.59. The van der Waals surface area contributed by atoms with Gasteiger partial charge in [0.1, 0.15) is 5.75 Å². The van der Waals surface area contributed by atoms with E-state index in [-0.39, 0.29) is 0 Å². The lowest BCUT2D eigenvalue weighted by atomic mass is 10.1. The highest BCUT2D eigenvalue weighted by atomic mass is 16.5. The van der Waals surface area contributed by atoms with Gasteiger partial charge in [-0.25, -0.2) is 0 Å². The number of aromatic nitrogens is 1. The first-order chi connectivity index (χ1) is 12.3. The molecule has 0 N–H and O–H groups in total. The fourth-order valence-electron chi connectivity index (χ4n) is 2.97. The molecule has 0 bridgehead atoms. The molecule has 1 aromatic heterocycles. The second-order valence-corrected chi connectivity index (χ2v) is 6.65. The molecule has 0 aliphatic rings. The van der Waals surface area contributed by atoms with Crippen LogP contribution in [0.4, 0.5) is 0 Å². The number of unbranched alkanes of at least 4 members (excludes halogenated alkanes) is 8. The van der Waals surface area contributed by atoms with Crippen molar-refractivity contribution < 1.29 is 9.47 Å². The molecule has 2 aromatic rings. The second kappa shape index (κ2) is 11.5. The summed E-state index contributed by atoms with van der Waals surface area (Å²) in [5.74, 6) is 0.899. The third-order valence-corrected chi connectivity index (χ3v) is 4.49. The van der Waals surface area contributed by atoms with Crippen molar-refractivity contribution in [3.63, 3.8) is 0 Å². The quantitative estimate of drug-likeness (QED) is 0.274. The van der Waals surface area contributed by atoms with Gasteiger partial charge < -0.3 is 9.94 Å². The molecule has 1 heterocycles. The number of benzene rings is 1. The van der Waals surface area contributed by atoms with E-state index in [1.807, 2.05) is 36.4 Å². The predicted molar refractivity (Wildman–Crippen MR) is 104 cm³/mol. The molecule has 0 atom stereocenters. The van der Waals surface area contributed by atoms with Crippen LogP contribution < -0.4 is 9.47 Å². The van der Waals surface area contributed by atoms with Gasteiger partial charge in [-0.1, -0.05) is 70.4 Å². The van der Waals surface area contributed by atoms with Crippen LogP contribution in [0.3, 0.4) is 0 Å². The van der Waals surface area contributed by atoms with Crippen LogP contribution in [0.1, 0.15) is 64.7 Å². The van der Waals surface area contributed by atoms with Gasteiger partial charge in [-0.3, -0.25) is 0 Å². The van der Waals surface area contributed by atoms with Crippen molar-refractivity contribution >= 4 is 0 Å². The summed E-state index contributed by atoms with van der Waals surface area (Å²) in [5.41, 5.74) is 2.10. The largest absolute Gasteiger partial charge is 0.619 e. The highest BCUT2D eigenvalue weighted by molar-refractivity contribution is 5.64. The van der Waals surface area contributed by atoms with Crippen molar-refractivity contribution in [3.8, 4) is 16.9 Å². The molecule has 25 heavy (non-hydrogen) atoms. The predicted octanol–water partition coefficient (Wildman–Crippen LogP) is 5.90. The normalized spacial score (nSPS) is 10.8. The maximum absolute atomic E-state index is 11.1. The third-order valence-electron chi connectivity index (χ3n) is 4.49. The average molecular weight is 341 g/mol. The Morgan fingerprint density at radius 2 is 1.44 bits per heavy atom. The lowest BCUT2D eigenvalue weighted by molar-refractivity contribution is -0.605. The highest BCUT2D eigenvalue weighted by Crippen LogP contribution is 2.23. The minimum Gasteiger partial charge on any atom is -0.619 e. The van der Waals surface area contributed by atoms with E-state index in [2.05, 4.69) is 6.92 Å². The van der Waals surface area contributed by atoms with Gasteiger partial charge in [0.05, 0.1) is 6.61 Å². The van der Waals surface area contributed by atoms with Crippen molar-refractivity contribution in [2.75, 3.05) is 6.61 Å². The van der Waals surface area contributed by atoms with E-state index in [0.717, 1.165) is 34.6 Å².